The third-order valence-electron chi connectivity index (χ3n) is 3.15. The molecule has 0 radical (unpaired) electrons. The second kappa shape index (κ2) is 8.64. The molecule has 1 amide bonds. The van der Waals surface area contributed by atoms with Crippen molar-refractivity contribution in [2.75, 3.05) is 31.1 Å². The predicted molar refractivity (Wildman–Crippen MR) is 71.4 cm³/mol. The van der Waals surface area contributed by atoms with Crippen molar-refractivity contribution in [1.29, 1.82) is 0 Å². The summed E-state index contributed by atoms with van der Waals surface area (Å²) in [7, 11) is -0.776. The molecule has 100 valence electrons. The number of amides is 1. The Bertz CT molecular complexity index is 253. The first-order valence-corrected chi connectivity index (χ1v) is 8.03. The largest absolute Gasteiger partial charge is 0.355 e. The van der Waals surface area contributed by atoms with Gasteiger partial charge in [0.25, 0.3) is 0 Å². The van der Waals surface area contributed by atoms with Crippen LogP contribution in [0.5, 0.6) is 0 Å². The fraction of sp³-hybridized carbons (Fsp3) is 0.917. The third-order valence-corrected chi connectivity index (χ3v) is 4.46. The minimum Gasteiger partial charge on any atom is -0.355 e. The summed E-state index contributed by atoms with van der Waals surface area (Å²) < 4.78 is 11.2. The number of carbonyl (C=O) groups excluding carboxylic acids is 1. The van der Waals surface area contributed by atoms with Gasteiger partial charge >= 0.3 is 0 Å². The van der Waals surface area contributed by atoms with E-state index in [4.69, 9.17) is 0 Å². The van der Waals surface area contributed by atoms with E-state index >= 15 is 0 Å². The molecule has 1 aliphatic rings. The molecule has 0 spiro atoms. The summed E-state index contributed by atoms with van der Waals surface area (Å²) >= 11 is 0. The van der Waals surface area contributed by atoms with E-state index in [1.165, 1.54) is 12.8 Å². The second-order valence-corrected chi connectivity index (χ2v) is 6.40. The number of rotatable bonds is 7. The molecule has 2 atom stereocenters. The van der Waals surface area contributed by atoms with Gasteiger partial charge in [-0.3, -0.25) is 9.00 Å². The lowest BCUT2D eigenvalue weighted by Gasteiger charge is -2.22. The zero-order valence-corrected chi connectivity index (χ0v) is 11.5. The van der Waals surface area contributed by atoms with Gasteiger partial charge in [0.05, 0.1) is 0 Å². The fourth-order valence-electron chi connectivity index (χ4n) is 2.04. The highest BCUT2D eigenvalue weighted by Crippen LogP contribution is 2.15. The van der Waals surface area contributed by atoms with Crippen LogP contribution in [-0.4, -0.2) is 41.3 Å². The lowest BCUT2D eigenvalue weighted by atomic mass is 9.94. The van der Waals surface area contributed by atoms with Gasteiger partial charge in [-0.25, -0.2) is 0 Å². The molecule has 0 saturated carbocycles. The maximum absolute atomic E-state index is 11.5. The van der Waals surface area contributed by atoms with Crippen molar-refractivity contribution >= 4 is 16.7 Å². The van der Waals surface area contributed by atoms with Gasteiger partial charge in [0.2, 0.25) is 5.91 Å². The Morgan fingerprint density at radius 1 is 1.53 bits per heavy atom. The Morgan fingerprint density at radius 3 is 3.00 bits per heavy atom. The van der Waals surface area contributed by atoms with Crippen LogP contribution in [0.25, 0.3) is 0 Å². The zero-order valence-electron chi connectivity index (χ0n) is 10.7. The lowest BCUT2D eigenvalue weighted by Crippen LogP contribution is -2.32. The lowest BCUT2D eigenvalue weighted by molar-refractivity contribution is -0.121. The Labute approximate surface area is 106 Å². The van der Waals surface area contributed by atoms with Crippen LogP contribution in [0.3, 0.4) is 0 Å². The molecule has 1 rings (SSSR count). The Hall–Kier alpha value is -0.420. The van der Waals surface area contributed by atoms with Crippen molar-refractivity contribution in [3.05, 3.63) is 0 Å². The van der Waals surface area contributed by atoms with E-state index in [9.17, 15) is 9.00 Å². The van der Waals surface area contributed by atoms with Crippen molar-refractivity contribution < 1.29 is 9.00 Å². The van der Waals surface area contributed by atoms with Crippen LogP contribution in [-0.2, 0) is 15.6 Å². The third kappa shape index (κ3) is 6.78. The molecule has 1 aliphatic heterocycles. The summed E-state index contributed by atoms with van der Waals surface area (Å²) in [4.78, 5) is 11.5. The molecule has 17 heavy (non-hydrogen) atoms. The minimum atomic E-state index is -0.776. The molecule has 5 heteroatoms. The summed E-state index contributed by atoms with van der Waals surface area (Å²) in [6.07, 6.45) is 4.03. The number of carbonyl (C=O) groups is 1. The molecule has 2 N–H and O–H groups in total. The van der Waals surface area contributed by atoms with Gasteiger partial charge in [-0.1, -0.05) is 6.92 Å². The molecule has 1 fully saturated rings. The van der Waals surface area contributed by atoms with Crippen LogP contribution in [0.15, 0.2) is 0 Å². The van der Waals surface area contributed by atoms with E-state index in [1.807, 2.05) is 6.92 Å². The molecular weight excluding hydrogens is 236 g/mol. The first kappa shape index (κ1) is 14.6. The number of hydrogen-bond acceptors (Lipinski definition) is 3. The number of nitrogens with one attached hydrogen (secondary N) is 2. The summed E-state index contributed by atoms with van der Waals surface area (Å²) in [6, 6.07) is 0. The van der Waals surface area contributed by atoms with E-state index in [2.05, 4.69) is 10.6 Å². The summed E-state index contributed by atoms with van der Waals surface area (Å²) in [5.41, 5.74) is 0. The molecule has 1 saturated heterocycles. The van der Waals surface area contributed by atoms with Crippen LogP contribution < -0.4 is 10.6 Å². The first-order valence-electron chi connectivity index (χ1n) is 6.54. The van der Waals surface area contributed by atoms with Gasteiger partial charge < -0.3 is 10.6 Å². The highest BCUT2D eigenvalue weighted by molar-refractivity contribution is 7.84. The maximum Gasteiger partial charge on any atom is 0.220 e. The highest BCUT2D eigenvalue weighted by Gasteiger charge is 2.14. The van der Waals surface area contributed by atoms with Crippen molar-refractivity contribution in [2.24, 2.45) is 5.92 Å². The van der Waals surface area contributed by atoms with Gasteiger partial charge in [0.15, 0.2) is 0 Å². The summed E-state index contributed by atoms with van der Waals surface area (Å²) in [6.45, 7) is 4.61. The quantitative estimate of drug-likeness (QED) is 0.707. The Morgan fingerprint density at radius 2 is 2.35 bits per heavy atom. The summed E-state index contributed by atoms with van der Waals surface area (Å²) in [5, 5.41) is 6.19. The molecular formula is C12H24N2O2S. The van der Waals surface area contributed by atoms with E-state index in [0.29, 0.717) is 30.4 Å². The van der Waals surface area contributed by atoms with Gasteiger partial charge in [-0.2, -0.15) is 0 Å². The highest BCUT2D eigenvalue weighted by atomic mass is 32.2. The monoisotopic (exact) mass is 260 g/mol. The van der Waals surface area contributed by atoms with Gasteiger partial charge in [0, 0.05) is 35.3 Å². The standard InChI is InChI=1S/C12H24N2O2S/c1-2-17(16)9-8-14-12(15)6-5-11-4-3-7-13-10-11/h11,13H,2-10H2,1H3,(H,14,15). The van der Waals surface area contributed by atoms with Crippen LogP contribution in [0.1, 0.15) is 32.6 Å². The van der Waals surface area contributed by atoms with Crippen molar-refractivity contribution in [2.45, 2.75) is 32.6 Å². The molecule has 0 aromatic carbocycles. The first-order chi connectivity index (χ1) is 8.22. The van der Waals surface area contributed by atoms with Gasteiger partial charge in [-0.15, -0.1) is 0 Å². The number of piperidine rings is 1. The fourth-order valence-corrected chi connectivity index (χ4v) is 2.66. The average molecular weight is 260 g/mol. The van der Waals surface area contributed by atoms with Crippen molar-refractivity contribution in [3.8, 4) is 0 Å². The predicted octanol–water partition coefficient (Wildman–Crippen LogP) is 0.651. The molecule has 4 nitrogen and oxygen atoms in total. The normalized spacial score (nSPS) is 22.1. The smallest absolute Gasteiger partial charge is 0.220 e. The van der Waals surface area contributed by atoms with Crippen LogP contribution in [0.2, 0.25) is 0 Å². The van der Waals surface area contributed by atoms with Crippen molar-refractivity contribution in [1.82, 2.24) is 10.6 Å². The molecule has 0 aromatic rings. The second-order valence-electron chi connectivity index (χ2n) is 4.53. The molecule has 1 heterocycles. The van der Waals surface area contributed by atoms with Crippen LogP contribution >= 0.6 is 0 Å². The van der Waals surface area contributed by atoms with Crippen LogP contribution in [0.4, 0.5) is 0 Å². The van der Waals surface area contributed by atoms with E-state index in [1.54, 1.807) is 0 Å². The summed E-state index contributed by atoms with van der Waals surface area (Å²) in [5.74, 6) is 2.00. The van der Waals surface area contributed by atoms with E-state index in [-0.39, 0.29) is 5.91 Å². The van der Waals surface area contributed by atoms with E-state index in [0.717, 1.165) is 19.5 Å². The minimum absolute atomic E-state index is 0.101. The van der Waals surface area contributed by atoms with Gasteiger partial charge in [0.1, 0.15) is 0 Å². The molecule has 2 unspecified atom stereocenters. The molecule has 0 aliphatic carbocycles. The zero-order chi connectivity index (χ0) is 12.5. The molecule has 0 aromatic heterocycles. The Kier molecular flexibility index (Phi) is 7.44. The maximum atomic E-state index is 11.5. The SMILES string of the molecule is CCS(=O)CCNC(=O)CCC1CCCNC1. The average Bonchev–Trinajstić information content (AvgIpc) is 2.37. The number of hydrogen-bond donors (Lipinski definition) is 2. The van der Waals surface area contributed by atoms with Gasteiger partial charge in [-0.05, 0) is 38.3 Å². The molecule has 0 bridgehead atoms. The van der Waals surface area contributed by atoms with Crippen molar-refractivity contribution in [3.63, 3.8) is 0 Å². The topological polar surface area (TPSA) is 58.2 Å². The van der Waals surface area contributed by atoms with E-state index < -0.39 is 10.8 Å². The Balaban J connectivity index is 2.02. The van der Waals surface area contributed by atoms with Crippen LogP contribution in [0, 0.1) is 5.92 Å².